The van der Waals surface area contributed by atoms with Gasteiger partial charge in [-0.1, -0.05) is 6.07 Å². The summed E-state index contributed by atoms with van der Waals surface area (Å²) in [5.74, 6) is -0.806. The molecule has 0 spiro atoms. The molecule has 1 aromatic rings. The second-order valence-electron chi connectivity index (χ2n) is 4.58. The standard InChI is InChI=1S/C13H18FNO3/c1-13(2,12(16)18-4)11(15)8-5-6-10(17-3)9(14)7-8/h5-7,11H,15H2,1-4H3. The fourth-order valence-electron chi connectivity index (χ4n) is 1.68. The van der Waals surface area contributed by atoms with Gasteiger partial charge in [0.2, 0.25) is 0 Å². The summed E-state index contributed by atoms with van der Waals surface area (Å²) in [6.07, 6.45) is 0. The monoisotopic (exact) mass is 255 g/mol. The Hall–Kier alpha value is -1.62. The van der Waals surface area contributed by atoms with Gasteiger partial charge in [-0.25, -0.2) is 4.39 Å². The number of carbonyl (C=O) groups excluding carboxylic acids is 1. The predicted molar refractivity (Wildman–Crippen MR) is 65.7 cm³/mol. The molecule has 0 aliphatic rings. The van der Waals surface area contributed by atoms with Gasteiger partial charge < -0.3 is 15.2 Å². The molecule has 1 unspecified atom stereocenters. The van der Waals surface area contributed by atoms with Gasteiger partial charge in [0.1, 0.15) is 0 Å². The Labute approximate surface area is 106 Å². The first-order valence-electron chi connectivity index (χ1n) is 5.52. The summed E-state index contributed by atoms with van der Waals surface area (Å²) in [6, 6.07) is 3.73. The molecule has 0 saturated carbocycles. The lowest BCUT2D eigenvalue weighted by atomic mass is 9.81. The van der Waals surface area contributed by atoms with Crippen molar-refractivity contribution in [3.05, 3.63) is 29.6 Å². The molecule has 0 fully saturated rings. The summed E-state index contributed by atoms with van der Waals surface area (Å²) in [5.41, 5.74) is 5.58. The molecule has 4 nitrogen and oxygen atoms in total. The van der Waals surface area contributed by atoms with Crippen LogP contribution in [-0.2, 0) is 9.53 Å². The average molecular weight is 255 g/mol. The van der Waals surface area contributed by atoms with Crippen LogP contribution in [0.2, 0.25) is 0 Å². The van der Waals surface area contributed by atoms with Crippen molar-refractivity contribution in [3.63, 3.8) is 0 Å². The lowest BCUT2D eigenvalue weighted by Gasteiger charge is -2.29. The van der Waals surface area contributed by atoms with E-state index < -0.39 is 23.2 Å². The van der Waals surface area contributed by atoms with Crippen molar-refractivity contribution in [1.29, 1.82) is 0 Å². The molecule has 18 heavy (non-hydrogen) atoms. The van der Waals surface area contributed by atoms with E-state index in [2.05, 4.69) is 0 Å². The van der Waals surface area contributed by atoms with Gasteiger partial charge in [0, 0.05) is 6.04 Å². The van der Waals surface area contributed by atoms with Gasteiger partial charge in [0.05, 0.1) is 19.6 Å². The third kappa shape index (κ3) is 2.61. The molecule has 0 heterocycles. The summed E-state index contributed by atoms with van der Waals surface area (Å²) in [7, 11) is 2.68. The number of esters is 1. The Kier molecular flexibility index (Phi) is 4.29. The maximum Gasteiger partial charge on any atom is 0.313 e. The number of halogens is 1. The normalized spacial score (nSPS) is 13.0. The number of nitrogens with two attached hydrogens (primary N) is 1. The van der Waals surface area contributed by atoms with Gasteiger partial charge in [0.15, 0.2) is 11.6 Å². The Morgan fingerprint density at radius 2 is 2.00 bits per heavy atom. The number of ether oxygens (including phenoxy) is 2. The summed E-state index contributed by atoms with van der Waals surface area (Å²) in [6.45, 7) is 3.32. The molecule has 5 heteroatoms. The van der Waals surface area contributed by atoms with Crippen LogP contribution in [0, 0.1) is 11.2 Å². The van der Waals surface area contributed by atoms with Crippen molar-refractivity contribution in [2.24, 2.45) is 11.1 Å². The molecule has 0 bridgehead atoms. The zero-order chi connectivity index (χ0) is 13.9. The van der Waals surface area contributed by atoms with Crippen LogP contribution in [0.25, 0.3) is 0 Å². The maximum absolute atomic E-state index is 13.6. The van der Waals surface area contributed by atoms with Gasteiger partial charge in [-0.3, -0.25) is 4.79 Å². The van der Waals surface area contributed by atoms with E-state index in [-0.39, 0.29) is 5.75 Å². The molecule has 0 aliphatic carbocycles. The zero-order valence-electron chi connectivity index (χ0n) is 11.0. The highest BCUT2D eigenvalue weighted by atomic mass is 19.1. The minimum Gasteiger partial charge on any atom is -0.494 e. The number of carbonyl (C=O) groups is 1. The Morgan fingerprint density at radius 1 is 1.39 bits per heavy atom. The quantitative estimate of drug-likeness (QED) is 0.836. The van der Waals surface area contributed by atoms with Crippen molar-refractivity contribution in [3.8, 4) is 5.75 Å². The number of hydrogen-bond donors (Lipinski definition) is 1. The summed E-state index contributed by atoms with van der Waals surface area (Å²) < 4.78 is 23.1. The minimum atomic E-state index is -0.935. The molecule has 0 saturated heterocycles. The van der Waals surface area contributed by atoms with Gasteiger partial charge in [-0.15, -0.1) is 0 Å². The largest absolute Gasteiger partial charge is 0.494 e. The first kappa shape index (κ1) is 14.4. The number of rotatable bonds is 4. The van der Waals surface area contributed by atoms with E-state index in [1.807, 2.05) is 0 Å². The fraction of sp³-hybridized carbons (Fsp3) is 0.462. The van der Waals surface area contributed by atoms with Crippen molar-refractivity contribution >= 4 is 5.97 Å². The van der Waals surface area contributed by atoms with E-state index in [0.717, 1.165) is 0 Å². The average Bonchev–Trinajstić information content (AvgIpc) is 2.36. The second-order valence-corrected chi connectivity index (χ2v) is 4.58. The van der Waals surface area contributed by atoms with Crippen LogP contribution in [0.4, 0.5) is 4.39 Å². The number of hydrogen-bond acceptors (Lipinski definition) is 4. The first-order valence-corrected chi connectivity index (χ1v) is 5.52. The lowest BCUT2D eigenvalue weighted by molar-refractivity contribution is -0.152. The SMILES string of the molecule is COC(=O)C(C)(C)C(N)c1ccc(OC)c(F)c1. The Bertz CT molecular complexity index is 446. The van der Waals surface area contributed by atoms with Crippen LogP contribution in [-0.4, -0.2) is 20.2 Å². The van der Waals surface area contributed by atoms with E-state index in [1.54, 1.807) is 19.9 Å². The molecule has 2 N–H and O–H groups in total. The molecular formula is C13H18FNO3. The molecule has 0 radical (unpaired) electrons. The second kappa shape index (κ2) is 5.35. The van der Waals surface area contributed by atoms with E-state index >= 15 is 0 Å². The van der Waals surface area contributed by atoms with Crippen LogP contribution in [0.1, 0.15) is 25.5 Å². The topological polar surface area (TPSA) is 61.5 Å². The van der Waals surface area contributed by atoms with Crippen molar-refractivity contribution < 1.29 is 18.7 Å². The van der Waals surface area contributed by atoms with Gasteiger partial charge >= 0.3 is 5.97 Å². The third-order valence-electron chi connectivity index (χ3n) is 3.02. The van der Waals surface area contributed by atoms with Crippen LogP contribution in [0.5, 0.6) is 5.75 Å². The van der Waals surface area contributed by atoms with E-state index in [0.29, 0.717) is 5.56 Å². The molecule has 0 aliphatic heterocycles. The highest BCUT2D eigenvalue weighted by Crippen LogP contribution is 2.33. The van der Waals surface area contributed by atoms with Crippen LogP contribution in [0.15, 0.2) is 18.2 Å². The van der Waals surface area contributed by atoms with Crippen LogP contribution >= 0.6 is 0 Å². The van der Waals surface area contributed by atoms with Crippen molar-refractivity contribution in [2.75, 3.05) is 14.2 Å². The van der Waals surface area contributed by atoms with Gasteiger partial charge in [-0.2, -0.15) is 0 Å². The molecule has 0 amide bonds. The molecule has 100 valence electrons. The fourth-order valence-corrected chi connectivity index (χ4v) is 1.68. The lowest BCUT2D eigenvalue weighted by Crippen LogP contribution is -2.37. The molecule has 1 aromatic carbocycles. The third-order valence-corrected chi connectivity index (χ3v) is 3.02. The van der Waals surface area contributed by atoms with Crippen molar-refractivity contribution in [2.45, 2.75) is 19.9 Å². The minimum absolute atomic E-state index is 0.141. The highest BCUT2D eigenvalue weighted by molar-refractivity contribution is 5.77. The molecule has 1 rings (SSSR count). The molecule has 1 atom stereocenters. The van der Waals surface area contributed by atoms with Crippen LogP contribution in [0.3, 0.4) is 0 Å². The highest BCUT2D eigenvalue weighted by Gasteiger charge is 2.36. The van der Waals surface area contributed by atoms with Gasteiger partial charge in [-0.05, 0) is 31.5 Å². The van der Waals surface area contributed by atoms with E-state index in [4.69, 9.17) is 15.2 Å². The van der Waals surface area contributed by atoms with Crippen LogP contribution < -0.4 is 10.5 Å². The zero-order valence-corrected chi connectivity index (χ0v) is 11.0. The number of methoxy groups -OCH3 is 2. The molecule has 0 aromatic heterocycles. The van der Waals surface area contributed by atoms with Gasteiger partial charge in [0.25, 0.3) is 0 Å². The maximum atomic E-state index is 13.6. The van der Waals surface area contributed by atoms with Crippen molar-refractivity contribution in [1.82, 2.24) is 0 Å². The predicted octanol–water partition coefficient (Wildman–Crippen LogP) is 2.03. The summed E-state index contributed by atoms with van der Waals surface area (Å²) >= 11 is 0. The Balaban J connectivity index is 3.07. The molecular weight excluding hydrogens is 237 g/mol. The summed E-state index contributed by atoms with van der Waals surface area (Å²) in [4.78, 5) is 11.6. The smallest absolute Gasteiger partial charge is 0.313 e. The first-order chi connectivity index (χ1) is 8.34. The number of benzene rings is 1. The van der Waals surface area contributed by atoms with E-state index in [1.165, 1.54) is 26.4 Å². The summed E-state index contributed by atoms with van der Waals surface area (Å²) in [5, 5.41) is 0. The Morgan fingerprint density at radius 3 is 2.44 bits per heavy atom. The van der Waals surface area contributed by atoms with E-state index in [9.17, 15) is 9.18 Å².